The number of nitrogens with one attached hydrogen (secondary N) is 1. The van der Waals surface area contributed by atoms with Crippen LogP contribution in [0, 0.1) is 6.92 Å². The van der Waals surface area contributed by atoms with Crippen molar-refractivity contribution in [3.8, 4) is 0 Å². The maximum absolute atomic E-state index is 12.3. The van der Waals surface area contributed by atoms with Crippen LogP contribution in [-0.2, 0) is 0 Å². The minimum atomic E-state index is -0.332. The number of carbonyl (C=O) groups excluding carboxylic acids is 1. The van der Waals surface area contributed by atoms with Gasteiger partial charge in [-0.3, -0.25) is 4.79 Å². The van der Waals surface area contributed by atoms with E-state index in [0.717, 1.165) is 11.3 Å². The van der Waals surface area contributed by atoms with Gasteiger partial charge in [0.1, 0.15) is 5.69 Å². The van der Waals surface area contributed by atoms with Crippen LogP contribution in [0.25, 0.3) is 0 Å². The van der Waals surface area contributed by atoms with Gasteiger partial charge in [-0.15, -0.1) is 0 Å². The van der Waals surface area contributed by atoms with Gasteiger partial charge in [0, 0.05) is 23.4 Å². The number of anilines is 3. The highest BCUT2D eigenvalue weighted by molar-refractivity contribution is 6.31. The summed E-state index contributed by atoms with van der Waals surface area (Å²) in [4.78, 5) is 22.7. The maximum atomic E-state index is 12.3. The summed E-state index contributed by atoms with van der Waals surface area (Å²) in [7, 11) is 1.90. The lowest BCUT2D eigenvalue weighted by Crippen LogP contribution is -2.16. The Bertz CT molecular complexity index is 882. The zero-order valence-corrected chi connectivity index (χ0v) is 14.7. The Morgan fingerprint density at radius 2 is 1.84 bits per heavy atom. The third-order valence-corrected chi connectivity index (χ3v) is 4.19. The Morgan fingerprint density at radius 3 is 2.48 bits per heavy atom. The number of halogens is 1. The largest absolute Gasteiger partial charge is 0.328 e. The molecule has 25 heavy (non-hydrogen) atoms. The molecule has 0 fully saturated rings. The molecule has 1 N–H and O–H groups in total. The van der Waals surface area contributed by atoms with Crippen molar-refractivity contribution in [2.45, 2.75) is 6.92 Å². The van der Waals surface area contributed by atoms with E-state index in [1.807, 2.05) is 55.3 Å². The lowest BCUT2D eigenvalue weighted by atomic mass is 10.2. The summed E-state index contributed by atoms with van der Waals surface area (Å²) >= 11 is 6.07. The molecule has 1 amide bonds. The molecule has 6 heteroatoms. The zero-order valence-electron chi connectivity index (χ0n) is 13.9. The molecular weight excluding hydrogens is 336 g/mol. The molecule has 3 rings (SSSR count). The van der Waals surface area contributed by atoms with Crippen molar-refractivity contribution in [3.05, 3.63) is 77.2 Å². The molecule has 5 nitrogen and oxygen atoms in total. The van der Waals surface area contributed by atoms with Crippen LogP contribution in [0.1, 0.15) is 16.1 Å². The number of para-hydroxylation sites is 1. The molecule has 0 bridgehead atoms. The fourth-order valence-corrected chi connectivity index (χ4v) is 2.44. The predicted octanol–water partition coefficient (Wildman–Crippen LogP) is 4.46. The van der Waals surface area contributed by atoms with Gasteiger partial charge in [-0.25, -0.2) is 9.97 Å². The van der Waals surface area contributed by atoms with Crippen molar-refractivity contribution in [2.24, 2.45) is 0 Å². The monoisotopic (exact) mass is 352 g/mol. The highest BCUT2D eigenvalue weighted by atomic mass is 35.5. The van der Waals surface area contributed by atoms with E-state index >= 15 is 0 Å². The van der Waals surface area contributed by atoms with E-state index in [-0.39, 0.29) is 11.6 Å². The Labute approximate surface area is 151 Å². The first-order valence-corrected chi connectivity index (χ1v) is 8.11. The Hall–Kier alpha value is -2.92. The summed E-state index contributed by atoms with van der Waals surface area (Å²) in [6.07, 6.45) is 3.03. The first kappa shape index (κ1) is 16.9. The molecular formula is C19H17ClN4O. The minimum Gasteiger partial charge on any atom is -0.328 e. The predicted molar refractivity (Wildman–Crippen MR) is 101 cm³/mol. The van der Waals surface area contributed by atoms with Crippen molar-refractivity contribution in [1.29, 1.82) is 0 Å². The summed E-state index contributed by atoms with van der Waals surface area (Å²) in [6, 6.07) is 15.2. The average Bonchev–Trinajstić information content (AvgIpc) is 2.65. The van der Waals surface area contributed by atoms with E-state index in [0.29, 0.717) is 16.5 Å². The van der Waals surface area contributed by atoms with Gasteiger partial charge in [-0.2, -0.15) is 0 Å². The van der Waals surface area contributed by atoms with Crippen molar-refractivity contribution in [1.82, 2.24) is 9.97 Å². The van der Waals surface area contributed by atoms with Crippen molar-refractivity contribution < 1.29 is 4.79 Å². The number of hydrogen-bond acceptors (Lipinski definition) is 4. The van der Waals surface area contributed by atoms with E-state index < -0.39 is 0 Å². The molecule has 3 aromatic rings. The molecule has 0 radical (unpaired) electrons. The topological polar surface area (TPSA) is 58.1 Å². The van der Waals surface area contributed by atoms with Crippen LogP contribution in [0.2, 0.25) is 5.02 Å². The Balaban J connectivity index is 1.73. The van der Waals surface area contributed by atoms with E-state index in [2.05, 4.69) is 15.3 Å². The number of nitrogens with zero attached hydrogens (tertiary/aromatic N) is 3. The van der Waals surface area contributed by atoms with Gasteiger partial charge < -0.3 is 10.2 Å². The molecule has 0 saturated carbocycles. The third kappa shape index (κ3) is 3.95. The molecule has 0 aliphatic heterocycles. The maximum Gasteiger partial charge on any atom is 0.275 e. The van der Waals surface area contributed by atoms with Crippen LogP contribution in [0.5, 0.6) is 0 Å². The first-order valence-electron chi connectivity index (χ1n) is 7.73. The van der Waals surface area contributed by atoms with Gasteiger partial charge in [0.05, 0.1) is 12.4 Å². The van der Waals surface area contributed by atoms with Crippen LogP contribution in [-0.4, -0.2) is 22.9 Å². The third-order valence-electron chi connectivity index (χ3n) is 3.79. The Morgan fingerprint density at radius 1 is 1.08 bits per heavy atom. The standard InChI is InChI=1S/C19H17ClN4O/c1-13-8-9-14(10-16(13)20)23-19(25)17-11-22-18(12-21-17)24(2)15-6-4-3-5-7-15/h3-12H,1-2H3,(H,23,25). The second kappa shape index (κ2) is 7.32. The number of aryl methyl sites for hydroxylation is 1. The molecule has 126 valence electrons. The number of aromatic nitrogens is 2. The zero-order chi connectivity index (χ0) is 17.8. The number of rotatable bonds is 4. The van der Waals surface area contributed by atoms with Crippen molar-refractivity contribution in [3.63, 3.8) is 0 Å². The lowest BCUT2D eigenvalue weighted by Gasteiger charge is -2.17. The summed E-state index contributed by atoms with van der Waals surface area (Å²) in [5.74, 6) is 0.322. The van der Waals surface area contributed by atoms with Crippen molar-refractivity contribution >= 4 is 34.7 Å². The van der Waals surface area contributed by atoms with Crippen LogP contribution < -0.4 is 10.2 Å². The molecule has 0 saturated heterocycles. The van der Waals surface area contributed by atoms with Gasteiger partial charge >= 0.3 is 0 Å². The molecule has 1 aromatic heterocycles. The van der Waals surface area contributed by atoms with Gasteiger partial charge in [0.15, 0.2) is 5.82 Å². The van der Waals surface area contributed by atoms with E-state index in [4.69, 9.17) is 11.6 Å². The minimum absolute atomic E-state index is 0.238. The van der Waals surface area contributed by atoms with Gasteiger partial charge in [-0.1, -0.05) is 35.9 Å². The lowest BCUT2D eigenvalue weighted by molar-refractivity contribution is 0.102. The first-order chi connectivity index (χ1) is 12.0. The quantitative estimate of drug-likeness (QED) is 0.753. The molecule has 0 spiro atoms. The molecule has 0 unspecified atom stereocenters. The van der Waals surface area contributed by atoms with Crippen LogP contribution in [0.3, 0.4) is 0 Å². The van der Waals surface area contributed by atoms with E-state index in [1.54, 1.807) is 18.3 Å². The highest BCUT2D eigenvalue weighted by Crippen LogP contribution is 2.21. The normalized spacial score (nSPS) is 10.4. The number of benzene rings is 2. The van der Waals surface area contributed by atoms with Gasteiger partial charge in [-0.05, 0) is 36.8 Å². The molecule has 0 atom stereocenters. The van der Waals surface area contributed by atoms with Gasteiger partial charge in [0.2, 0.25) is 0 Å². The fourth-order valence-electron chi connectivity index (χ4n) is 2.26. The number of carbonyl (C=O) groups is 1. The molecule has 1 heterocycles. The summed E-state index contributed by atoms with van der Waals surface area (Å²) in [5.41, 5.74) is 2.80. The van der Waals surface area contributed by atoms with Crippen LogP contribution >= 0.6 is 11.6 Å². The summed E-state index contributed by atoms with van der Waals surface area (Å²) in [5, 5.41) is 3.37. The molecule has 2 aromatic carbocycles. The summed E-state index contributed by atoms with van der Waals surface area (Å²) in [6.45, 7) is 1.90. The average molecular weight is 353 g/mol. The van der Waals surface area contributed by atoms with Crippen molar-refractivity contribution in [2.75, 3.05) is 17.3 Å². The highest BCUT2D eigenvalue weighted by Gasteiger charge is 2.11. The number of hydrogen-bond donors (Lipinski definition) is 1. The molecule has 0 aliphatic carbocycles. The summed E-state index contributed by atoms with van der Waals surface area (Å²) < 4.78 is 0. The van der Waals surface area contributed by atoms with Crippen LogP contribution in [0.4, 0.5) is 17.2 Å². The fraction of sp³-hybridized carbons (Fsp3) is 0.105. The van der Waals surface area contributed by atoms with Crippen LogP contribution in [0.15, 0.2) is 60.9 Å². The Kier molecular flexibility index (Phi) is 4.95. The SMILES string of the molecule is Cc1ccc(NC(=O)c2cnc(N(C)c3ccccc3)cn2)cc1Cl. The smallest absolute Gasteiger partial charge is 0.275 e. The van der Waals surface area contributed by atoms with E-state index in [9.17, 15) is 4.79 Å². The van der Waals surface area contributed by atoms with Gasteiger partial charge in [0.25, 0.3) is 5.91 Å². The second-order valence-corrected chi connectivity index (χ2v) is 5.98. The number of amides is 1. The second-order valence-electron chi connectivity index (χ2n) is 5.57. The van der Waals surface area contributed by atoms with E-state index in [1.165, 1.54) is 6.20 Å². The molecule has 0 aliphatic rings.